The Labute approximate surface area is 78.7 Å². The lowest BCUT2D eigenvalue weighted by molar-refractivity contribution is -0.126. The molecule has 3 heteroatoms. The third kappa shape index (κ3) is 4.06. The quantitative estimate of drug-likeness (QED) is 0.673. The number of ketones is 1. The number of carbonyl (C=O) groups is 2. The lowest BCUT2D eigenvalue weighted by Crippen LogP contribution is -2.21. The van der Waals surface area contributed by atoms with Gasteiger partial charge in [-0.05, 0) is 25.7 Å². The molecule has 1 rings (SSSR count). The van der Waals surface area contributed by atoms with Crippen LogP contribution in [0.3, 0.4) is 0 Å². The van der Waals surface area contributed by atoms with Gasteiger partial charge in [-0.25, -0.2) is 0 Å². The minimum Gasteiger partial charge on any atom is -0.370 e. The maximum Gasteiger partial charge on any atom is 0.218 e. The third-order valence-corrected chi connectivity index (χ3v) is 2.64. The van der Waals surface area contributed by atoms with Crippen LogP contribution in [-0.2, 0) is 9.59 Å². The molecule has 1 atom stereocenters. The van der Waals surface area contributed by atoms with Crippen molar-refractivity contribution in [3.8, 4) is 0 Å². The second kappa shape index (κ2) is 4.40. The molecule has 3 nitrogen and oxygen atoms in total. The molecule has 0 aromatic rings. The van der Waals surface area contributed by atoms with Gasteiger partial charge in [0.05, 0.1) is 0 Å². The monoisotopic (exact) mass is 183 g/mol. The van der Waals surface area contributed by atoms with E-state index in [1.165, 1.54) is 12.8 Å². The van der Waals surface area contributed by atoms with Gasteiger partial charge in [0, 0.05) is 12.3 Å². The molecule has 13 heavy (non-hydrogen) atoms. The topological polar surface area (TPSA) is 60.2 Å². The molecular weight excluding hydrogens is 166 g/mol. The molecule has 1 amide bonds. The summed E-state index contributed by atoms with van der Waals surface area (Å²) in [6.07, 6.45) is 4.73. The molecule has 0 saturated heterocycles. The number of rotatable bonds is 6. The number of amides is 1. The van der Waals surface area contributed by atoms with E-state index in [0.29, 0.717) is 0 Å². The van der Waals surface area contributed by atoms with E-state index in [9.17, 15) is 9.59 Å². The Hall–Kier alpha value is -0.860. The van der Waals surface area contributed by atoms with E-state index in [0.717, 1.165) is 18.8 Å². The van der Waals surface area contributed by atoms with Crippen LogP contribution in [0.5, 0.6) is 0 Å². The summed E-state index contributed by atoms with van der Waals surface area (Å²) in [5.74, 6) is 0.420. The molecule has 1 aliphatic rings. The maximum atomic E-state index is 11.1. The molecule has 1 fully saturated rings. The average molecular weight is 183 g/mol. The highest BCUT2D eigenvalue weighted by atomic mass is 16.1. The maximum absolute atomic E-state index is 11.1. The van der Waals surface area contributed by atoms with Crippen molar-refractivity contribution in [1.29, 1.82) is 0 Å². The van der Waals surface area contributed by atoms with Crippen molar-refractivity contribution in [1.82, 2.24) is 0 Å². The fraction of sp³-hybridized carbons (Fsp3) is 0.800. The summed E-state index contributed by atoms with van der Waals surface area (Å²) in [5, 5.41) is 0. The molecule has 0 aromatic heterocycles. The van der Waals surface area contributed by atoms with Crippen LogP contribution >= 0.6 is 0 Å². The van der Waals surface area contributed by atoms with E-state index in [1.54, 1.807) is 6.92 Å². The van der Waals surface area contributed by atoms with E-state index >= 15 is 0 Å². The lowest BCUT2D eigenvalue weighted by atomic mass is 9.94. The standard InChI is InChI=1S/C10H17NO2/c1-7(12)9(6-10(11)13)5-4-8-2-3-8/h8-9H,2-6H2,1H3,(H2,11,13)/t9-/m1/s1. The largest absolute Gasteiger partial charge is 0.370 e. The number of hydrogen-bond acceptors (Lipinski definition) is 2. The van der Waals surface area contributed by atoms with Gasteiger partial charge in [-0.3, -0.25) is 9.59 Å². The Morgan fingerprint density at radius 3 is 2.46 bits per heavy atom. The fourth-order valence-corrected chi connectivity index (χ4v) is 1.54. The summed E-state index contributed by atoms with van der Waals surface area (Å²) in [7, 11) is 0. The van der Waals surface area contributed by atoms with Gasteiger partial charge in [0.1, 0.15) is 5.78 Å². The lowest BCUT2D eigenvalue weighted by Gasteiger charge is -2.10. The Balaban J connectivity index is 2.27. The smallest absolute Gasteiger partial charge is 0.218 e. The van der Waals surface area contributed by atoms with Crippen LogP contribution in [-0.4, -0.2) is 11.7 Å². The zero-order chi connectivity index (χ0) is 9.84. The number of Topliss-reactive ketones (excluding diaryl/α,β-unsaturated/α-hetero) is 1. The van der Waals surface area contributed by atoms with E-state index in [4.69, 9.17) is 5.73 Å². The summed E-state index contributed by atoms with van der Waals surface area (Å²) in [6.45, 7) is 1.54. The van der Waals surface area contributed by atoms with Crippen LogP contribution in [0.1, 0.15) is 39.0 Å². The predicted octanol–water partition coefficient (Wildman–Crippen LogP) is 1.26. The normalized spacial score (nSPS) is 18.2. The van der Waals surface area contributed by atoms with Gasteiger partial charge in [-0.2, -0.15) is 0 Å². The van der Waals surface area contributed by atoms with E-state index < -0.39 is 0 Å². The molecule has 1 aliphatic carbocycles. The zero-order valence-electron chi connectivity index (χ0n) is 8.08. The molecule has 2 N–H and O–H groups in total. The molecule has 1 saturated carbocycles. The minimum absolute atomic E-state index is 0.0967. The molecular formula is C10H17NO2. The first-order valence-corrected chi connectivity index (χ1v) is 4.88. The Morgan fingerprint density at radius 1 is 1.46 bits per heavy atom. The van der Waals surface area contributed by atoms with Crippen molar-refractivity contribution < 1.29 is 9.59 Å². The highest BCUT2D eigenvalue weighted by Gasteiger charge is 2.24. The molecule has 74 valence electrons. The highest BCUT2D eigenvalue weighted by Crippen LogP contribution is 2.35. The number of nitrogens with two attached hydrogens (primary N) is 1. The first-order chi connectivity index (χ1) is 6.09. The zero-order valence-corrected chi connectivity index (χ0v) is 8.08. The summed E-state index contributed by atoms with van der Waals surface area (Å²) in [6, 6.07) is 0. The number of primary amides is 1. The third-order valence-electron chi connectivity index (χ3n) is 2.64. The van der Waals surface area contributed by atoms with Crippen LogP contribution in [0.15, 0.2) is 0 Å². The first-order valence-electron chi connectivity index (χ1n) is 4.88. The van der Waals surface area contributed by atoms with Crippen LogP contribution in [0, 0.1) is 11.8 Å². The van der Waals surface area contributed by atoms with Crippen molar-refractivity contribution in [3.05, 3.63) is 0 Å². The van der Waals surface area contributed by atoms with Gasteiger partial charge in [-0.1, -0.05) is 12.8 Å². The Bertz CT molecular complexity index is 209. The first kappa shape index (κ1) is 10.2. The summed E-state index contributed by atoms with van der Waals surface area (Å²) in [5.41, 5.74) is 5.06. The van der Waals surface area contributed by atoms with Gasteiger partial charge in [0.25, 0.3) is 0 Å². The summed E-state index contributed by atoms with van der Waals surface area (Å²) < 4.78 is 0. The molecule has 0 spiro atoms. The number of carbonyl (C=O) groups excluding carboxylic acids is 2. The molecule has 0 unspecified atom stereocenters. The molecule has 0 heterocycles. The second-order valence-corrected chi connectivity index (χ2v) is 4.00. The second-order valence-electron chi connectivity index (χ2n) is 4.00. The molecule has 0 aliphatic heterocycles. The van der Waals surface area contributed by atoms with Crippen molar-refractivity contribution in [3.63, 3.8) is 0 Å². The van der Waals surface area contributed by atoms with Gasteiger partial charge in [0.15, 0.2) is 0 Å². The van der Waals surface area contributed by atoms with Gasteiger partial charge in [0.2, 0.25) is 5.91 Å². The minimum atomic E-state index is -0.365. The Kier molecular flexibility index (Phi) is 3.46. The van der Waals surface area contributed by atoms with Crippen molar-refractivity contribution >= 4 is 11.7 Å². The predicted molar refractivity (Wildman–Crippen MR) is 49.9 cm³/mol. The van der Waals surface area contributed by atoms with Gasteiger partial charge >= 0.3 is 0 Å². The molecule has 0 aromatic carbocycles. The fourth-order valence-electron chi connectivity index (χ4n) is 1.54. The van der Waals surface area contributed by atoms with E-state index in [1.807, 2.05) is 0 Å². The molecule has 0 bridgehead atoms. The van der Waals surface area contributed by atoms with Crippen LogP contribution in [0.25, 0.3) is 0 Å². The summed E-state index contributed by atoms with van der Waals surface area (Å²) in [4.78, 5) is 21.7. The van der Waals surface area contributed by atoms with Crippen LogP contribution in [0.4, 0.5) is 0 Å². The highest BCUT2D eigenvalue weighted by molar-refractivity contribution is 5.84. The van der Waals surface area contributed by atoms with E-state index in [-0.39, 0.29) is 24.0 Å². The van der Waals surface area contributed by atoms with Crippen molar-refractivity contribution in [2.45, 2.75) is 39.0 Å². The van der Waals surface area contributed by atoms with Crippen LogP contribution < -0.4 is 5.73 Å². The van der Waals surface area contributed by atoms with E-state index in [2.05, 4.69) is 0 Å². The van der Waals surface area contributed by atoms with Gasteiger partial charge < -0.3 is 5.73 Å². The van der Waals surface area contributed by atoms with Gasteiger partial charge in [-0.15, -0.1) is 0 Å². The SMILES string of the molecule is CC(=O)[C@H](CCC1CC1)CC(N)=O. The average Bonchev–Trinajstić information content (AvgIpc) is 2.79. The Morgan fingerprint density at radius 2 is 2.08 bits per heavy atom. The van der Waals surface area contributed by atoms with Crippen molar-refractivity contribution in [2.24, 2.45) is 17.6 Å². The van der Waals surface area contributed by atoms with Crippen molar-refractivity contribution in [2.75, 3.05) is 0 Å². The number of hydrogen-bond donors (Lipinski definition) is 1. The molecule has 0 radical (unpaired) electrons. The van der Waals surface area contributed by atoms with Crippen LogP contribution in [0.2, 0.25) is 0 Å². The summed E-state index contributed by atoms with van der Waals surface area (Å²) >= 11 is 0.